The summed E-state index contributed by atoms with van der Waals surface area (Å²) in [7, 11) is 0. The molecule has 3 rings (SSSR count). The SMILES string of the molecule is O=C(O)COc1cccc(NC(=O)c2ccc(-c3ccc(Cl)cc3)o2)c1. The number of amides is 1. The smallest absolute Gasteiger partial charge is 0.341 e. The topological polar surface area (TPSA) is 88.8 Å². The number of carbonyl (C=O) groups excluding carboxylic acids is 1. The summed E-state index contributed by atoms with van der Waals surface area (Å²) < 4.78 is 10.7. The highest BCUT2D eigenvalue weighted by Gasteiger charge is 2.13. The second kappa shape index (κ2) is 7.76. The lowest BCUT2D eigenvalue weighted by atomic mass is 10.2. The first-order valence-corrected chi connectivity index (χ1v) is 8.01. The van der Waals surface area contributed by atoms with Crippen LogP contribution in [0.2, 0.25) is 5.02 Å². The molecule has 0 unspecified atom stereocenters. The van der Waals surface area contributed by atoms with Crippen LogP contribution in [-0.4, -0.2) is 23.6 Å². The lowest BCUT2D eigenvalue weighted by Crippen LogP contribution is -2.12. The number of halogens is 1. The van der Waals surface area contributed by atoms with Crippen LogP contribution in [0.3, 0.4) is 0 Å². The molecule has 0 spiro atoms. The quantitative estimate of drug-likeness (QED) is 0.673. The molecule has 0 atom stereocenters. The standard InChI is InChI=1S/C19H14ClNO5/c20-13-6-4-12(5-7-13)16-8-9-17(26-16)19(24)21-14-2-1-3-15(10-14)25-11-18(22)23/h1-10H,11H2,(H,21,24)(H,22,23). The molecular weight excluding hydrogens is 358 g/mol. The van der Waals surface area contributed by atoms with E-state index in [0.29, 0.717) is 22.2 Å². The summed E-state index contributed by atoms with van der Waals surface area (Å²) in [6.45, 7) is -0.458. The molecule has 0 saturated carbocycles. The number of hydrogen-bond donors (Lipinski definition) is 2. The molecule has 2 N–H and O–H groups in total. The van der Waals surface area contributed by atoms with Crippen molar-refractivity contribution in [3.63, 3.8) is 0 Å². The third kappa shape index (κ3) is 4.43. The zero-order valence-electron chi connectivity index (χ0n) is 13.4. The van der Waals surface area contributed by atoms with Crippen molar-refractivity contribution in [3.8, 4) is 17.1 Å². The van der Waals surface area contributed by atoms with E-state index < -0.39 is 18.5 Å². The van der Waals surface area contributed by atoms with Gasteiger partial charge in [-0.2, -0.15) is 0 Å². The van der Waals surface area contributed by atoms with Crippen molar-refractivity contribution in [2.75, 3.05) is 11.9 Å². The summed E-state index contributed by atoms with van der Waals surface area (Å²) in [4.78, 5) is 22.9. The highest BCUT2D eigenvalue weighted by atomic mass is 35.5. The van der Waals surface area contributed by atoms with Crippen molar-refractivity contribution < 1.29 is 23.8 Å². The number of ether oxygens (including phenoxy) is 1. The molecule has 2 aromatic carbocycles. The fourth-order valence-electron chi connectivity index (χ4n) is 2.23. The Morgan fingerprint density at radius 3 is 2.58 bits per heavy atom. The number of carboxylic acids is 1. The average Bonchev–Trinajstić information content (AvgIpc) is 3.11. The van der Waals surface area contributed by atoms with Crippen LogP contribution in [0.5, 0.6) is 5.75 Å². The molecule has 0 saturated heterocycles. The second-order valence-electron chi connectivity index (χ2n) is 5.34. The van der Waals surface area contributed by atoms with E-state index >= 15 is 0 Å². The maximum atomic E-state index is 12.3. The highest BCUT2D eigenvalue weighted by molar-refractivity contribution is 6.30. The third-order valence-corrected chi connectivity index (χ3v) is 3.66. The van der Waals surface area contributed by atoms with Crippen LogP contribution in [0.15, 0.2) is 65.1 Å². The second-order valence-corrected chi connectivity index (χ2v) is 5.77. The maximum absolute atomic E-state index is 12.3. The van der Waals surface area contributed by atoms with E-state index in [-0.39, 0.29) is 5.76 Å². The van der Waals surface area contributed by atoms with Crippen LogP contribution in [0.1, 0.15) is 10.6 Å². The number of furan rings is 1. The van der Waals surface area contributed by atoms with Gasteiger partial charge in [0.15, 0.2) is 12.4 Å². The highest BCUT2D eigenvalue weighted by Crippen LogP contribution is 2.25. The van der Waals surface area contributed by atoms with Gasteiger partial charge >= 0.3 is 5.97 Å². The van der Waals surface area contributed by atoms with Gasteiger partial charge in [-0.3, -0.25) is 4.79 Å². The van der Waals surface area contributed by atoms with E-state index in [1.54, 1.807) is 54.6 Å². The van der Waals surface area contributed by atoms with Gasteiger partial charge in [0.1, 0.15) is 11.5 Å². The summed E-state index contributed by atoms with van der Waals surface area (Å²) >= 11 is 5.86. The predicted molar refractivity (Wildman–Crippen MR) is 96.7 cm³/mol. The van der Waals surface area contributed by atoms with Gasteiger partial charge in [0, 0.05) is 22.3 Å². The summed E-state index contributed by atoms with van der Waals surface area (Å²) in [5.41, 5.74) is 1.26. The Morgan fingerprint density at radius 1 is 1.08 bits per heavy atom. The Balaban J connectivity index is 1.69. The molecule has 0 bridgehead atoms. The Bertz CT molecular complexity index is 933. The van der Waals surface area contributed by atoms with Crippen LogP contribution in [0.25, 0.3) is 11.3 Å². The summed E-state index contributed by atoms with van der Waals surface area (Å²) in [6.07, 6.45) is 0. The van der Waals surface area contributed by atoms with Crippen molar-refractivity contribution in [1.82, 2.24) is 0 Å². The van der Waals surface area contributed by atoms with Crippen molar-refractivity contribution in [2.45, 2.75) is 0 Å². The zero-order valence-corrected chi connectivity index (χ0v) is 14.2. The third-order valence-electron chi connectivity index (χ3n) is 3.41. The van der Waals surface area contributed by atoms with Gasteiger partial charge in [-0.25, -0.2) is 4.79 Å². The first kappa shape index (κ1) is 17.6. The fraction of sp³-hybridized carbons (Fsp3) is 0.0526. The maximum Gasteiger partial charge on any atom is 0.341 e. The zero-order chi connectivity index (χ0) is 18.5. The number of anilines is 1. The van der Waals surface area contributed by atoms with Crippen LogP contribution in [-0.2, 0) is 4.79 Å². The monoisotopic (exact) mass is 371 g/mol. The predicted octanol–water partition coefficient (Wildman–Crippen LogP) is 4.32. The average molecular weight is 372 g/mol. The Kier molecular flexibility index (Phi) is 5.24. The lowest BCUT2D eigenvalue weighted by molar-refractivity contribution is -0.139. The Morgan fingerprint density at radius 2 is 1.85 bits per heavy atom. The van der Waals surface area contributed by atoms with Crippen molar-refractivity contribution >= 4 is 29.2 Å². The number of nitrogens with one attached hydrogen (secondary N) is 1. The molecule has 1 aromatic heterocycles. The molecule has 1 amide bonds. The molecule has 1 heterocycles. The molecule has 3 aromatic rings. The van der Waals surface area contributed by atoms with Gasteiger partial charge < -0.3 is 19.6 Å². The van der Waals surface area contributed by atoms with Crippen molar-refractivity contribution in [1.29, 1.82) is 0 Å². The molecule has 7 heteroatoms. The minimum Gasteiger partial charge on any atom is -0.482 e. The molecule has 0 aliphatic carbocycles. The molecule has 6 nitrogen and oxygen atoms in total. The Hall–Kier alpha value is -3.25. The largest absolute Gasteiger partial charge is 0.482 e. The van der Waals surface area contributed by atoms with Gasteiger partial charge in [-0.15, -0.1) is 0 Å². The van der Waals surface area contributed by atoms with E-state index in [1.807, 2.05) is 0 Å². The van der Waals surface area contributed by atoms with Crippen LogP contribution >= 0.6 is 11.6 Å². The first-order chi connectivity index (χ1) is 12.5. The molecule has 132 valence electrons. The molecule has 0 aliphatic heterocycles. The Labute approximate surface area is 154 Å². The number of rotatable bonds is 6. The van der Waals surface area contributed by atoms with Gasteiger partial charge in [0.2, 0.25) is 0 Å². The van der Waals surface area contributed by atoms with E-state index in [4.69, 9.17) is 25.9 Å². The number of carboxylic acid groups (broad SMARTS) is 1. The number of carbonyl (C=O) groups is 2. The molecule has 0 radical (unpaired) electrons. The van der Waals surface area contributed by atoms with Gasteiger partial charge in [-0.05, 0) is 48.5 Å². The van der Waals surface area contributed by atoms with Crippen molar-refractivity contribution in [3.05, 3.63) is 71.4 Å². The molecule has 26 heavy (non-hydrogen) atoms. The molecule has 0 fully saturated rings. The van der Waals surface area contributed by atoms with Crippen molar-refractivity contribution in [2.24, 2.45) is 0 Å². The van der Waals surface area contributed by atoms with Gasteiger partial charge in [0.05, 0.1) is 0 Å². The molecular formula is C19H14ClNO5. The summed E-state index contributed by atoms with van der Waals surface area (Å²) in [6, 6.07) is 16.8. The van der Waals surface area contributed by atoms with Crippen LogP contribution < -0.4 is 10.1 Å². The van der Waals surface area contributed by atoms with E-state index in [9.17, 15) is 9.59 Å². The van der Waals surface area contributed by atoms with E-state index in [2.05, 4.69) is 5.32 Å². The first-order valence-electron chi connectivity index (χ1n) is 7.63. The summed E-state index contributed by atoms with van der Waals surface area (Å²) in [5, 5.41) is 11.9. The van der Waals surface area contributed by atoms with Gasteiger partial charge in [0.25, 0.3) is 5.91 Å². The lowest BCUT2D eigenvalue weighted by Gasteiger charge is -2.07. The van der Waals surface area contributed by atoms with Crippen LogP contribution in [0, 0.1) is 0 Å². The summed E-state index contributed by atoms with van der Waals surface area (Å²) in [5.74, 6) is -0.478. The number of hydrogen-bond acceptors (Lipinski definition) is 4. The fourth-order valence-corrected chi connectivity index (χ4v) is 2.36. The van der Waals surface area contributed by atoms with E-state index in [0.717, 1.165) is 5.56 Å². The van der Waals surface area contributed by atoms with E-state index in [1.165, 1.54) is 6.07 Å². The number of aliphatic carboxylic acids is 1. The van der Waals surface area contributed by atoms with Crippen LogP contribution in [0.4, 0.5) is 5.69 Å². The number of benzene rings is 2. The minimum atomic E-state index is -1.08. The molecule has 0 aliphatic rings. The van der Waals surface area contributed by atoms with Gasteiger partial charge in [-0.1, -0.05) is 17.7 Å². The minimum absolute atomic E-state index is 0.145. The normalized spacial score (nSPS) is 10.3.